The molecule has 0 saturated carbocycles. The van der Waals surface area contributed by atoms with Crippen molar-refractivity contribution in [3.8, 4) is 34.6 Å². The molecule has 0 spiro atoms. The Morgan fingerprint density at radius 2 is 1.37 bits per heavy atom. The van der Waals surface area contributed by atoms with Crippen LogP contribution in [-0.4, -0.2) is 36.3 Å². The molecule has 0 fully saturated rings. The van der Waals surface area contributed by atoms with Gasteiger partial charge >= 0.3 is 12.0 Å². The Kier molecular flexibility index (Phi) is 6.34. The van der Waals surface area contributed by atoms with E-state index in [1.165, 1.54) is 36.5 Å². The number of methoxy groups -OCH3 is 3. The Bertz CT molecular complexity index is 1870. The van der Waals surface area contributed by atoms with Crippen molar-refractivity contribution >= 4 is 16.8 Å². The van der Waals surface area contributed by atoms with Crippen LogP contribution in [0.15, 0.2) is 78.9 Å². The van der Waals surface area contributed by atoms with E-state index in [-0.39, 0.29) is 17.4 Å². The van der Waals surface area contributed by atoms with Crippen molar-refractivity contribution in [3.05, 3.63) is 107 Å². The van der Waals surface area contributed by atoms with Gasteiger partial charge in [0.15, 0.2) is 5.82 Å². The second-order valence-corrected chi connectivity index (χ2v) is 10.9. The molecule has 0 amide bonds. The van der Waals surface area contributed by atoms with Crippen molar-refractivity contribution in [2.24, 2.45) is 0 Å². The van der Waals surface area contributed by atoms with Gasteiger partial charge in [0.2, 0.25) is 5.60 Å². The first-order valence-corrected chi connectivity index (χ1v) is 14.6. The van der Waals surface area contributed by atoms with Crippen molar-refractivity contribution < 1.29 is 18.9 Å². The molecule has 1 atom stereocenters. The second kappa shape index (κ2) is 10.1. The highest BCUT2D eigenvalue weighted by Crippen LogP contribution is 2.60. The van der Waals surface area contributed by atoms with Gasteiger partial charge in [-0.2, -0.15) is 9.97 Å². The van der Waals surface area contributed by atoms with Gasteiger partial charge in [0.1, 0.15) is 11.5 Å². The third-order valence-corrected chi connectivity index (χ3v) is 9.16. The van der Waals surface area contributed by atoms with Crippen LogP contribution >= 0.6 is 0 Å². The van der Waals surface area contributed by atoms with Crippen molar-refractivity contribution in [2.75, 3.05) is 21.3 Å². The van der Waals surface area contributed by atoms with Crippen molar-refractivity contribution in [1.29, 1.82) is 0 Å². The Hall–Kier alpha value is -4.91. The molecule has 7 heteroatoms. The summed E-state index contributed by atoms with van der Waals surface area (Å²) in [5, 5.41) is 2.20. The Morgan fingerprint density at radius 1 is 0.721 bits per heavy atom. The third-order valence-electron chi connectivity index (χ3n) is 9.16. The lowest BCUT2D eigenvalue weighted by Crippen LogP contribution is -2.37. The zero-order valence-corrected chi connectivity index (χ0v) is 25.0. The number of fused-ring (bicyclic) bond motifs is 8. The highest BCUT2D eigenvalue weighted by molar-refractivity contribution is 6.08. The Labute approximate surface area is 251 Å². The summed E-state index contributed by atoms with van der Waals surface area (Å²) < 4.78 is 23.7. The minimum Gasteiger partial charge on any atom is -0.497 e. The van der Waals surface area contributed by atoms with Gasteiger partial charge in [-0.15, -0.1) is 4.98 Å². The predicted molar refractivity (Wildman–Crippen MR) is 167 cm³/mol. The molecule has 2 aliphatic rings. The van der Waals surface area contributed by atoms with Crippen LogP contribution in [0.25, 0.3) is 28.0 Å². The Morgan fingerprint density at radius 3 is 2.02 bits per heavy atom. The molecule has 1 aliphatic carbocycles. The standard InChI is InChI=1S/C36H33N3O4/c1-6-35(7-2)28-15-11-10-14-26(28)29-24-12-8-9-13-25(24)31-27(30(29)35)20-21-36(43-31,22-16-18-23(40-3)19-17-22)32-37-33(41-4)39-34(38-32)42-5/h8-21H,6-7H2,1-5H3. The molecule has 43 heavy (non-hydrogen) atoms. The second-order valence-electron chi connectivity index (χ2n) is 10.9. The third kappa shape index (κ3) is 3.77. The van der Waals surface area contributed by atoms with Gasteiger partial charge < -0.3 is 18.9 Å². The average Bonchev–Trinajstić information content (AvgIpc) is 3.38. The zero-order chi connectivity index (χ0) is 29.8. The summed E-state index contributed by atoms with van der Waals surface area (Å²) in [6, 6.07) is 25.4. The molecule has 5 aromatic rings. The highest BCUT2D eigenvalue weighted by atomic mass is 16.5. The molecular formula is C36H33N3O4. The maximum atomic E-state index is 7.29. The number of rotatable bonds is 7. The SMILES string of the molecule is CCC1(CC)c2ccccc2-c2c1c1c(c3ccccc23)OC(c2ccc(OC)cc2)(c2nc(OC)nc(OC)n2)C=C1. The number of nitrogens with zero attached hydrogens (tertiary/aromatic N) is 3. The van der Waals surface area contributed by atoms with Crippen molar-refractivity contribution in [1.82, 2.24) is 15.0 Å². The largest absolute Gasteiger partial charge is 0.497 e. The van der Waals surface area contributed by atoms with Gasteiger partial charge in [0.05, 0.1) is 21.3 Å². The minimum atomic E-state index is -1.20. The lowest BCUT2D eigenvalue weighted by molar-refractivity contribution is 0.148. The topological polar surface area (TPSA) is 75.6 Å². The molecule has 7 nitrogen and oxygen atoms in total. The fraction of sp³-hybridized carbons (Fsp3) is 0.250. The molecule has 0 N–H and O–H groups in total. The number of hydrogen-bond acceptors (Lipinski definition) is 7. The number of aromatic nitrogens is 3. The van der Waals surface area contributed by atoms with Crippen LogP contribution in [0.1, 0.15) is 54.8 Å². The predicted octanol–water partition coefficient (Wildman–Crippen LogP) is 7.49. The normalized spacial score (nSPS) is 17.5. The summed E-state index contributed by atoms with van der Waals surface area (Å²) in [6.07, 6.45) is 6.19. The summed E-state index contributed by atoms with van der Waals surface area (Å²) in [5.41, 5.74) is 5.86. The van der Waals surface area contributed by atoms with Crippen LogP contribution in [0.4, 0.5) is 0 Å². The smallest absolute Gasteiger partial charge is 0.322 e. The first-order chi connectivity index (χ1) is 21.0. The monoisotopic (exact) mass is 571 g/mol. The fourth-order valence-electron chi connectivity index (χ4n) is 7.04. The summed E-state index contributed by atoms with van der Waals surface area (Å²) in [5.74, 6) is 1.89. The fourth-order valence-corrected chi connectivity index (χ4v) is 7.04. The maximum Gasteiger partial charge on any atom is 0.322 e. The van der Waals surface area contributed by atoms with E-state index in [0.29, 0.717) is 5.82 Å². The molecule has 7 rings (SSSR count). The van der Waals surface area contributed by atoms with Gasteiger partial charge in [-0.1, -0.05) is 80.6 Å². The van der Waals surface area contributed by atoms with Crippen LogP contribution in [0, 0.1) is 0 Å². The summed E-state index contributed by atoms with van der Waals surface area (Å²) in [4.78, 5) is 13.7. The molecule has 1 aromatic heterocycles. The van der Waals surface area contributed by atoms with E-state index in [0.717, 1.165) is 46.2 Å². The average molecular weight is 572 g/mol. The maximum absolute atomic E-state index is 7.29. The van der Waals surface area contributed by atoms with Crippen molar-refractivity contribution in [3.63, 3.8) is 0 Å². The zero-order valence-electron chi connectivity index (χ0n) is 25.0. The van der Waals surface area contributed by atoms with Crippen LogP contribution in [0.2, 0.25) is 0 Å². The number of benzene rings is 4. The van der Waals surface area contributed by atoms with Crippen LogP contribution in [-0.2, 0) is 11.0 Å². The molecule has 2 heterocycles. The van der Waals surface area contributed by atoms with E-state index in [2.05, 4.69) is 79.5 Å². The number of ether oxygens (including phenoxy) is 4. The quantitative estimate of drug-likeness (QED) is 0.200. The Balaban J connectivity index is 1.56. The summed E-state index contributed by atoms with van der Waals surface area (Å²) >= 11 is 0. The molecule has 0 bridgehead atoms. The van der Waals surface area contributed by atoms with Gasteiger partial charge in [-0.3, -0.25) is 0 Å². The van der Waals surface area contributed by atoms with E-state index in [4.69, 9.17) is 28.9 Å². The molecule has 216 valence electrons. The van der Waals surface area contributed by atoms with Crippen LogP contribution in [0.3, 0.4) is 0 Å². The van der Waals surface area contributed by atoms with Crippen LogP contribution in [0.5, 0.6) is 23.5 Å². The van der Waals surface area contributed by atoms with E-state index in [1.807, 2.05) is 24.3 Å². The molecule has 4 aromatic carbocycles. The highest BCUT2D eigenvalue weighted by Gasteiger charge is 2.47. The first-order valence-electron chi connectivity index (χ1n) is 14.6. The van der Waals surface area contributed by atoms with Gasteiger partial charge in [-0.05, 0) is 58.7 Å². The van der Waals surface area contributed by atoms with Gasteiger partial charge in [-0.25, -0.2) is 0 Å². The minimum absolute atomic E-state index is 0.141. The molecule has 1 aliphatic heterocycles. The molecular weight excluding hydrogens is 538 g/mol. The molecule has 0 saturated heterocycles. The summed E-state index contributed by atoms with van der Waals surface area (Å²) in [7, 11) is 4.70. The van der Waals surface area contributed by atoms with Crippen LogP contribution < -0.4 is 18.9 Å². The van der Waals surface area contributed by atoms with E-state index < -0.39 is 5.60 Å². The summed E-state index contributed by atoms with van der Waals surface area (Å²) in [6.45, 7) is 4.57. The first kappa shape index (κ1) is 27.0. The van der Waals surface area contributed by atoms with Gasteiger partial charge in [0, 0.05) is 21.9 Å². The van der Waals surface area contributed by atoms with Gasteiger partial charge in [0.25, 0.3) is 0 Å². The lowest BCUT2D eigenvalue weighted by Gasteiger charge is -2.38. The van der Waals surface area contributed by atoms with Crippen molar-refractivity contribution in [2.45, 2.75) is 37.7 Å². The van der Waals surface area contributed by atoms with E-state index in [9.17, 15) is 0 Å². The molecule has 1 unspecified atom stereocenters. The van der Waals surface area contributed by atoms with E-state index >= 15 is 0 Å². The lowest BCUT2D eigenvalue weighted by atomic mass is 9.71. The van der Waals surface area contributed by atoms with E-state index in [1.54, 1.807) is 7.11 Å². The number of hydrogen-bond donors (Lipinski definition) is 0. The molecule has 0 radical (unpaired) electrons.